The molecule has 1 unspecified atom stereocenters. The molecule has 2 aliphatic heterocycles. The van der Waals surface area contributed by atoms with Crippen molar-refractivity contribution in [1.29, 1.82) is 0 Å². The van der Waals surface area contributed by atoms with E-state index in [9.17, 15) is 4.79 Å². The Labute approximate surface area is 227 Å². The van der Waals surface area contributed by atoms with Crippen molar-refractivity contribution in [2.45, 2.75) is 6.17 Å². The van der Waals surface area contributed by atoms with Crippen LogP contribution < -0.4 is 15.5 Å². The molecule has 194 valence electrons. The number of amides is 1. The fourth-order valence-electron chi connectivity index (χ4n) is 4.84. The van der Waals surface area contributed by atoms with Gasteiger partial charge in [0.2, 0.25) is 6.17 Å². The summed E-state index contributed by atoms with van der Waals surface area (Å²) in [5, 5.41) is 15.6. The van der Waals surface area contributed by atoms with Gasteiger partial charge in [-0.1, -0.05) is 53.6 Å². The highest BCUT2D eigenvalue weighted by molar-refractivity contribution is 7.22. The number of ether oxygens (including phenoxy) is 1. The molecule has 11 heteroatoms. The largest absolute Gasteiger partial charge is 0.402 e. The monoisotopic (exact) mass is 537 g/mol. The smallest absolute Gasteiger partial charge is 0.317 e. The summed E-state index contributed by atoms with van der Waals surface area (Å²) in [6.07, 6.45) is 0.793. The van der Waals surface area contributed by atoms with Crippen molar-refractivity contribution in [3.8, 4) is 10.8 Å². The van der Waals surface area contributed by atoms with E-state index in [2.05, 4.69) is 36.8 Å². The lowest BCUT2D eigenvalue weighted by Crippen LogP contribution is -2.36. The van der Waals surface area contributed by atoms with Crippen LogP contribution in [-0.2, 0) is 9.53 Å². The van der Waals surface area contributed by atoms with Crippen molar-refractivity contribution in [1.82, 2.24) is 15.2 Å². The first kappa shape index (κ1) is 23.5. The minimum absolute atomic E-state index is 0.102. The van der Waals surface area contributed by atoms with E-state index >= 15 is 0 Å². The zero-order chi connectivity index (χ0) is 26.2. The summed E-state index contributed by atoms with van der Waals surface area (Å²) in [4.78, 5) is 26.6. The van der Waals surface area contributed by atoms with Crippen molar-refractivity contribution < 1.29 is 13.9 Å². The highest BCUT2D eigenvalue weighted by Crippen LogP contribution is 2.44. The zero-order valence-corrected chi connectivity index (χ0v) is 21.5. The number of carbonyl (C=O) groups excluding carboxylic acids is 1. The van der Waals surface area contributed by atoms with Crippen LogP contribution in [0.3, 0.4) is 0 Å². The minimum atomic E-state index is -0.983. The van der Waals surface area contributed by atoms with Crippen molar-refractivity contribution >= 4 is 50.6 Å². The molecule has 3 aromatic heterocycles. The molecule has 0 saturated carbocycles. The first-order valence-electron chi connectivity index (χ1n) is 12.6. The Morgan fingerprint density at radius 1 is 0.974 bits per heavy atom. The molecule has 5 aromatic rings. The number of aliphatic imine (C=N–C) groups is 1. The van der Waals surface area contributed by atoms with Gasteiger partial charge in [-0.3, -0.25) is 4.79 Å². The summed E-state index contributed by atoms with van der Waals surface area (Å²) in [6, 6.07) is 21.5. The molecule has 2 N–H and O–H groups in total. The molecule has 2 aromatic carbocycles. The van der Waals surface area contributed by atoms with Crippen LogP contribution >= 0.6 is 11.3 Å². The van der Waals surface area contributed by atoms with E-state index in [0.29, 0.717) is 30.5 Å². The second-order valence-electron chi connectivity index (χ2n) is 9.07. The third-order valence-corrected chi connectivity index (χ3v) is 7.73. The topological polar surface area (TPSA) is 118 Å². The van der Waals surface area contributed by atoms with Gasteiger partial charge in [-0.2, -0.15) is 0 Å². The molecule has 1 saturated heterocycles. The SMILES string of the molecule is O=C1Nc2ccccc2C(c2ccccc2)=NC1Nc1nnc(-c2sc3ncccc3c2N2CCOCC2)o1. The lowest BCUT2D eigenvalue weighted by molar-refractivity contribution is -0.116. The molecule has 7 rings (SSSR count). The van der Waals surface area contributed by atoms with Crippen molar-refractivity contribution in [3.05, 3.63) is 84.1 Å². The number of para-hydroxylation sites is 1. The number of carbonyl (C=O) groups is 1. The van der Waals surface area contributed by atoms with E-state index in [1.807, 2.05) is 60.7 Å². The van der Waals surface area contributed by atoms with Crippen LogP contribution in [0.4, 0.5) is 17.4 Å². The molecule has 39 heavy (non-hydrogen) atoms. The van der Waals surface area contributed by atoms with E-state index < -0.39 is 6.17 Å². The number of benzodiazepines with no additional fused rings is 1. The summed E-state index contributed by atoms with van der Waals surface area (Å²) in [5.74, 6) is 0.0276. The van der Waals surface area contributed by atoms with Crippen LogP contribution in [0, 0.1) is 0 Å². The first-order valence-corrected chi connectivity index (χ1v) is 13.4. The van der Waals surface area contributed by atoms with Gasteiger partial charge in [0.05, 0.1) is 30.3 Å². The van der Waals surface area contributed by atoms with Gasteiger partial charge in [0.25, 0.3) is 11.8 Å². The van der Waals surface area contributed by atoms with Crippen LogP contribution in [0.5, 0.6) is 0 Å². The number of rotatable bonds is 5. The number of nitrogens with zero attached hydrogens (tertiary/aromatic N) is 5. The molecule has 2 aliphatic rings. The maximum Gasteiger partial charge on any atom is 0.317 e. The average Bonchev–Trinajstić information content (AvgIpc) is 3.58. The van der Waals surface area contributed by atoms with Gasteiger partial charge < -0.3 is 24.7 Å². The molecule has 0 radical (unpaired) electrons. The number of hydrogen-bond donors (Lipinski definition) is 2. The maximum atomic E-state index is 13.2. The molecule has 10 nitrogen and oxygen atoms in total. The minimum Gasteiger partial charge on any atom is -0.402 e. The third-order valence-electron chi connectivity index (χ3n) is 6.64. The van der Waals surface area contributed by atoms with Crippen LogP contribution in [0.1, 0.15) is 11.1 Å². The highest BCUT2D eigenvalue weighted by Gasteiger charge is 2.29. The second-order valence-corrected chi connectivity index (χ2v) is 10.1. The Morgan fingerprint density at radius 3 is 2.67 bits per heavy atom. The van der Waals surface area contributed by atoms with Gasteiger partial charge in [0.15, 0.2) is 0 Å². The highest BCUT2D eigenvalue weighted by atomic mass is 32.1. The van der Waals surface area contributed by atoms with Gasteiger partial charge in [0, 0.05) is 35.8 Å². The quantitative estimate of drug-likeness (QED) is 0.339. The standard InChI is InChI=1S/C28H23N7O3S/c36-25-24(31-21(17-7-2-1-3-8-17)18-9-4-5-11-20(18)30-25)32-28-34-33-26(38-28)23-22(35-13-15-37-16-14-35)19-10-6-12-29-27(19)39-23/h1-12,24H,13-16H2,(H,30,36)(H,32,34). The van der Waals surface area contributed by atoms with E-state index in [-0.39, 0.29) is 11.9 Å². The van der Waals surface area contributed by atoms with E-state index in [1.165, 1.54) is 11.3 Å². The Kier molecular flexibility index (Phi) is 5.99. The summed E-state index contributed by atoms with van der Waals surface area (Å²) in [6.45, 7) is 2.81. The normalized spacial score (nSPS) is 17.3. The van der Waals surface area contributed by atoms with Crippen molar-refractivity contribution in [3.63, 3.8) is 0 Å². The van der Waals surface area contributed by atoms with Crippen molar-refractivity contribution in [2.75, 3.05) is 41.8 Å². The molecule has 5 heterocycles. The van der Waals surface area contributed by atoms with Gasteiger partial charge in [-0.05, 0) is 18.2 Å². The molecule has 1 amide bonds. The van der Waals surface area contributed by atoms with Crippen molar-refractivity contribution in [2.24, 2.45) is 4.99 Å². The fourth-order valence-corrected chi connectivity index (χ4v) is 5.92. The molecule has 1 fully saturated rings. The van der Waals surface area contributed by atoms with Crippen LogP contribution in [-0.4, -0.2) is 59.3 Å². The average molecular weight is 538 g/mol. The summed E-state index contributed by atoms with van der Waals surface area (Å²) in [7, 11) is 0. The maximum absolute atomic E-state index is 13.2. The van der Waals surface area contributed by atoms with Gasteiger partial charge >= 0.3 is 6.01 Å². The van der Waals surface area contributed by atoms with Crippen LogP contribution in [0.2, 0.25) is 0 Å². The molecular weight excluding hydrogens is 514 g/mol. The second kappa shape index (κ2) is 9.93. The lowest BCUT2D eigenvalue weighted by atomic mass is 10.0. The summed E-state index contributed by atoms with van der Waals surface area (Å²) in [5.41, 5.74) is 4.11. The number of morpholine rings is 1. The van der Waals surface area contributed by atoms with Crippen LogP contribution in [0.25, 0.3) is 21.0 Å². The molecular formula is C28H23N7O3S. The number of fused-ring (bicyclic) bond motifs is 2. The van der Waals surface area contributed by atoms with E-state index in [1.54, 1.807) is 6.20 Å². The molecule has 0 bridgehead atoms. The number of hydrogen-bond acceptors (Lipinski definition) is 10. The van der Waals surface area contributed by atoms with Gasteiger partial charge in [-0.25, -0.2) is 9.98 Å². The van der Waals surface area contributed by atoms with Crippen LogP contribution in [0.15, 0.2) is 82.3 Å². The zero-order valence-electron chi connectivity index (χ0n) is 20.7. The first-order chi connectivity index (χ1) is 19.2. The Hall–Kier alpha value is -4.61. The van der Waals surface area contributed by atoms with Gasteiger partial charge in [0.1, 0.15) is 9.71 Å². The fraction of sp³-hybridized carbons (Fsp3) is 0.179. The predicted molar refractivity (Wildman–Crippen MR) is 151 cm³/mol. The number of pyridine rings is 1. The Morgan fingerprint density at radius 2 is 1.79 bits per heavy atom. The van der Waals surface area contributed by atoms with Gasteiger partial charge in [-0.15, -0.1) is 16.4 Å². The number of aromatic nitrogens is 3. The van der Waals surface area contributed by atoms with E-state index in [4.69, 9.17) is 14.1 Å². The van der Waals surface area contributed by atoms with E-state index in [0.717, 1.165) is 45.0 Å². The third kappa shape index (κ3) is 4.41. The molecule has 0 spiro atoms. The summed E-state index contributed by atoms with van der Waals surface area (Å²) >= 11 is 1.50. The number of thiophene rings is 1. The number of benzene rings is 2. The Bertz CT molecular complexity index is 1690. The predicted octanol–water partition coefficient (Wildman–Crippen LogP) is 4.41. The molecule has 0 aliphatic carbocycles. The summed E-state index contributed by atoms with van der Waals surface area (Å²) < 4.78 is 11.6. The number of anilines is 3. The molecule has 1 atom stereocenters. The Balaban J connectivity index is 1.24. The number of nitrogens with one attached hydrogen (secondary N) is 2. The lowest BCUT2D eigenvalue weighted by Gasteiger charge is -2.29.